The summed E-state index contributed by atoms with van der Waals surface area (Å²) in [7, 11) is 3.52. The van der Waals surface area contributed by atoms with Crippen LogP contribution < -0.4 is 4.72 Å². The number of methoxy groups -OCH3 is 1. The SMILES string of the molecule is COC1=CCC2=C3C(C4CCCCC4)=C4C=CC(C(=O)NS(=O)C(C)C)=CC4N3CC(c3c(C(=O)N4CC5CCC(C4)N5C)c(C(F)(F)F)nn3C)=CC2=C1. The number of nitrogens with one attached hydrogen (secondary N) is 1. The third kappa shape index (κ3) is 6.66. The average molecular weight is 779 g/mol. The van der Waals surface area contributed by atoms with Crippen LogP contribution in [0.5, 0.6) is 0 Å². The van der Waals surface area contributed by atoms with Crippen molar-refractivity contribution in [2.45, 2.75) is 94.8 Å². The van der Waals surface area contributed by atoms with E-state index >= 15 is 0 Å². The summed E-state index contributed by atoms with van der Waals surface area (Å²) in [5.41, 5.74) is 4.52. The van der Waals surface area contributed by atoms with Gasteiger partial charge in [0.25, 0.3) is 11.8 Å². The molecule has 1 N–H and O–H groups in total. The van der Waals surface area contributed by atoms with Crippen LogP contribution in [-0.2, 0) is 33.7 Å². The van der Waals surface area contributed by atoms with Gasteiger partial charge in [-0.3, -0.25) is 23.9 Å². The molecule has 1 aromatic rings. The number of alkyl halides is 3. The Morgan fingerprint density at radius 2 is 1.73 bits per heavy atom. The van der Waals surface area contributed by atoms with Crippen LogP contribution >= 0.6 is 0 Å². The number of aromatic nitrogens is 2. The fourth-order valence-corrected chi connectivity index (χ4v) is 10.2. The molecule has 0 aromatic carbocycles. The molecule has 294 valence electrons. The van der Waals surface area contributed by atoms with E-state index in [0.717, 1.165) is 67.4 Å². The summed E-state index contributed by atoms with van der Waals surface area (Å²) in [6.07, 6.45) is 14.4. The number of fused-ring (bicyclic) bond motifs is 6. The predicted octanol–water partition coefficient (Wildman–Crippen LogP) is 6.11. The molecule has 4 unspecified atom stereocenters. The van der Waals surface area contributed by atoms with E-state index in [2.05, 4.69) is 19.6 Å². The Morgan fingerprint density at radius 3 is 2.38 bits per heavy atom. The van der Waals surface area contributed by atoms with Crippen molar-refractivity contribution >= 4 is 28.4 Å². The minimum absolute atomic E-state index is 0.0954. The molecule has 0 spiro atoms. The van der Waals surface area contributed by atoms with Crippen LogP contribution in [0.25, 0.3) is 5.57 Å². The van der Waals surface area contributed by atoms with E-state index in [-0.39, 0.29) is 35.5 Å². The molecular formula is C41H49F3N6O4S. The molecule has 55 heavy (non-hydrogen) atoms. The molecule has 7 aliphatic rings. The second kappa shape index (κ2) is 14.4. The fourth-order valence-electron chi connectivity index (χ4n) is 9.70. The maximum absolute atomic E-state index is 15.0. The van der Waals surface area contributed by atoms with Crippen LogP contribution in [0.15, 0.2) is 75.8 Å². The molecule has 8 rings (SSSR count). The number of nitrogens with zero attached hydrogens (tertiary/aromatic N) is 5. The van der Waals surface area contributed by atoms with Gasteiger partial charge in [-0.15, -0.1) is 0 Å². The summed E-state index contributed by atoms with van der Waals surface area (Å²) in [5, 5.41) is 3.76. The minimum Gasteiger partial charge on any atom is -0.497 e. The van der Waals surface area contributed by atoms with Gasteiger partial charge in [-0.05, 0) is 117 Å². The van der Waals surface area contributed by atoms with E-state index < -0.39 is 46.3 Å². The lowest BCUT2D eigenvalue weighted by atomic mass is 9.78. The number of hydrogen-bond donors (Lipinski definition) is 1. The number of allylic oxidation sites excluding steroid dienone is 6. The van der Waals surface area contributed by atoms with Crippen molar-refractivity contribution in [2.24, 2.45) is 13.0 Å². The van der Waals surface area contributed by atoms with Crippen LogP contribution in [0.1, 0.15) is 87.0 Å². The van der Waals surface area contributed by atoms with E-state index in [0.29, 0.717) is 36.4 Å². The summed E-state index contributed by atoms with van der Waals surface area (Å²) in [4.78, 5) is 34.1. The van der Waals surface area contributed by atoms with Crippen molar-refractivity contribution < 1.29 is 31.7 Å². The van der Waals surface area contributed by atoms with Gasteiger partial charge in [0, 0.05) is 55.3 Å². The molecule has 1 saturated carbocycles. The number of rotatable bonds is 7. The third-order valence-electron chi connectivity index (χ3n) is 12.5. The van der Waals surface area contributed by atoms with Crippen molar-refractivity contribution in [3.63, 3.8) is 0 Å². The van der Waals surface area contributed by atoms with Crippen LogP contribution in [0.3, 0.4) is 0 Å². The van der Waals surface area contributed by atoms with Crippen LogP contribution in [-0.4, -0.2) is 97.7 Å². The van der Waals surface area contributed by atoms with Gasteiger partial charge in [-0.2, -0.15) is 18.3 Å². The van der Waals surface area contributed by atoms with E-state index in [4.69, 9.17) is 4.74 Å². The molecule has 5 heterocycles. The normalized spacial score (nSPS) is 26.2. The largest absolute Gasteiger partial charge is 0.497 e. The van der Waals surface area contributed by atoms with Gasteiger partial charge >= 0.3 is 6.18 Å². The molecule has 2 amide bonds. The zero-order valence-corrected chi connectivity index (χ0v) is 32.9. The summed E-state index contributed by atoms with van der Waals surface area (Å²) < 4.78 is 67.1. The van der Waals surface area contributed by atoms with Gasteiger partial charge in [-0.1, -0.05) is 25.3 Å². The first kappa shape index (κ1) is 37.7. The highest BCUT2D eigenvalue weighted by atomic mass is 32.2. The zero-order valence-electron chi connectivity index (χ0n) is 32.0. The van der Waals surface area contributed by atoms with Crippen molar-refractivity contribution in [2.75, 3.05) is 33.8 Å². The van der Waals surface area contributed by atoms with E-state index in [1.165, 1.54) is 17.3 Å². The first-order valence-corrected chi connectivity index (χ1v) is 20.6. The maximum Gasteiger partial charge on any atom is 0.435 e. The van der Waals surface area contributed by atoms with Crippen LogP contribution in [0.2, 0.25) is 0 Å². The summed E-state index contributed by atoms with van der Waals surface area (Å²) in [6, 6.07) is -0.230. The average Bonchev–Trinajstić information content (AvgIpc) is 3.68. The quantitative estimate of drug-likeness (QED) is 0.357. The molecule has 2 saturated heterocycles. The lowest BCUT2D eigenvalue weighted by Crippen LogP contribution is -2.53. The lowest BCUT2D eigenvalue weighted by molar-refractivity contribution is -0.141. The Balaban J connectivity index is 1.28. The number of ether oxygens (including phenoxy) is 1. The molecule has 3 aliphatic carbocycles. The molecule has 4 aliphatic heterocycles. The third-order valence-corrected chi connectivity index (χ3v) is 13.7. The maximum atomic E-state index is 15.0. The van der Waals surface area contributed by atoms with Crippen molar-refractivity contribution in [1.82, 2.24) is 29.2 Å². The van der Waals surface area contributed by atoms with Gasteiger partial charge in [0.05, 0.1) is 24.4 Å². The van der Waals surface area contributed by atoms with Crippen LogP contribution in [0.4, 0.5) is 13.2 Å². The Labute approximate surface area is 322 Å². The van der Waals surface area contributed by atoms with Crippen molar-refractivity contribution in [1.29, 1.82) is 0 Å². The Hall–Kier alpha value is -4.17. The van der Waals surface area contributed by atoms with Gasteiger partial charge < -0.3 is 14.5 Å². The molecular weight excluding hydrogens is 730 g/mol. The molecule has 14 heteroatoms. The van der Waals surface area contributed by atoms with Gasteiger partial charge in [0.1, 0.15) is 16.7 Å². The number of hydrogen-bond acceptors (Lipinski definition) is 7. The first-order chi connectivity index (χ1) is 26.2. The highest BCUT2D eigenvalue weighted by molar-refractivity contribution is 7.84. The zero-order chi connectivity index (χ0) is 38.9. The monoisotopic (exact) mass is 778 g/mol. The summed E-state index contributed by atoms with van der Waals surface area (Å²) in [5.74, 6) is -0.202. The summed E-state index contributed by atoms with van der Waals surface area (Å²) >= 11 is 0. The molecule has 4 atom stereocenters. The Bertz CT molecular complexity index is 2050. The molecule has 2 bridgehead atoms. The van der Waals surface area contributed by atoms with Gasteiger partial charge in [-0.25, -0.2) is 4.21 Å². The van der Waals surface area contributed by atoms with Gasteiger partial charge in [0.15, 0.2) is 5.69 Å². The Kier molecular flexibility index (Phi) is 9.88. The number of aryl methyl sites for hydroxylation is 1. The number of likely N-dealkylation sites (tertiary alicyclic amines) is 1. The number of carbonyl (C=O) groups excluding carboxylic acids is 2. The first-order valence-electron chi connectivity index (χ1n) is 19.4. The number of piperazine rings is 1. The molecule has 1 aromatic heterocycles. The highest BCUT2D eigenvalue weighted by Gasteiger charge is 2.48. The molecule has 10 nitrogen and oxygen atoms in total. The topological polar surface area (TPSA) is 100 Å². The Morgan fingerprint density at radius 1 is 1.02 bits per heavy atom. The van der Waals surface area contributed by atoms with Crippen LogP contribution in [0, 0.1) is 5.92 Å². The molecule has 3 fully saturated rings. The second-order valence-corrected chi connectivity index (χ2v) is 17.8. The molecule has 0 radical (unpaired) electrons. The number of carbonyl (C=O) groups is 2. The number of likely N-dealkylation sites (N-methyl/N-ethyl adjacent to an activating group) is 1. The number of halogens is 3. The summed E-state index contributed by atoms with van der Waals surface area (Å²) in [6.45, 7) is 4.41. The highest BCUT2D eigenvalue weighted by Crippen LogP contribution is 2.51. The standard InChI is InChI=1S/C41H49F3N6O4S/c1-23(2)55(53)46-39(51)25-11-15-32-33(19-25)50-20-27(17-26-18-30(54-5)14-16-31(26)37(50)34(32)24-9-7-6-8-10-24)36-35(38(41(42,43)44)45-48(36)4)40(52)49-21-28-12-13-29(22-49)47(28)3/h11,14-15,17-19,23-24,28-29,33H,6-10,12-13,16,20-22H2,1-5H3,(H,46,51). The second-order valence-electron chi connectivity index (χ2n) is 16.1. The number of amides is 2. The van der Waals surface area contributed by atoms with Gasteiger partial charge in [0.2, 0.25) is 0 Å². The van der Waals surface area contributed by atoms with E-state index in [1.807, 2.05) is 37.4 Å². The fraction of sp³-hybridized carbons (Fsp3) is 0.537. The smallest absolute Gasteiger partial charge is 0.435 e. The van der Waals surface area contributed by atoms with Crippen molar-refractivity contribution in [3.8, 4) is 0 Å². The van der Waals surface area contributed by atoms with Crippen molar-refractivity contribution in [3.05, 3.63) is 92.7 Å². The lowest BCUT2D eigenvalue weighted by Gasteiger charge is -2.39. The van der Waals surface area contributed by atoms with E-state index in [1.54, 1.807) is 31.9 Å². The predicted molar refractivity (Wildman–Crippen MR) is 204 cm³/mol. The van der Waals surface area contributed by atoms with E-state index in [9.17, 15) is 27.0 Å². The minimum atomic E-state index is -4.87.